The lowest BCUT2D eigenvalue weighted by molar-refractivity contribution is -0.138. The van der Waals surface area contributed by atoms with Crippen LogP contribution in [0.1, 0.15) is 5.56 Å². The van der Waals surface area contributed by atoms with Crippen molar-refractivity contribution in [2.24, 2.45) is 0 Å². The van der Waals surface area contributed by atoms with Crippen LogP contribution in [0.2, 0.25) is 0 Å². The predicted octanol–water partition coefficient (Wildman–Crippen LogP) is 1.81. The van der Waals surface area contributed by atoms with Crippen LogP contribution in [-0.4, -0.2) is 28.3 Å². The maximum Gasteiger partial charge on any atom is 0.405 e. The largest absolute Gasteiger partial charge is 0.405 e. The van der Waals surface area contributed by atoms with Crippen LogP contribution < -0.4 is 5.32 Å². The van der Waals surface area contributed by atoms with Gasteiger partial charge in [-0.05, 0) is 29.1 Å². The fraction of sp³-hybridized carbons (Fsp3) is 0.308. The number of fused-ring (bicyclic) bond motifs is 1. The molecule has 1 aromatic heterocycles. The van der Waals surface area contributed by atoms with Crippen LogP contribution in [0, 0.1) is 0 Å². The summed E-state index contributed by atoms with van der Waals surface area (Å²) >= 11 is 0. The highest BCUT2D eigenvalue weighted by Gasteiger charge is 2.27. The molecule has 0 aliphatic rings. The molecule has 4 nitrogen and oxygen atoms in total. The zero-order valence-corrected chi connectivity index (χ0v) is 10.4. The van der Waals surface area contributed by atoms with Gasteiger partial charge in [0.15, 0.2) is 0 Å². The van der Waals surface area contributed by atoms with Gasteiger partial charge in [0.1, 0.15) is 13.1 Å². The maximum absolute atomic E-state index is 12.0. The van der Waals surface area contributed by atoms with Crippen LogP contribution in [0.3, 0.4) is 0 Å². The molecule has 2 N–H and O–H groups in total. The predicted molar refractivity (Wildman–Crippen MR) is 66.9 cm³/mol. The number of amides is 1. The van der Waals surface area contributed by atoms with Gasteiger partial charge in [-0.1, -0.05) is 6.07 Å². The third kappa shape index (κ3) is 3.51. The van der Waals surface area contributed by atoms with Gasteiger partial charge in [0.2, 0.25) is 5.91 Å². The third-order valence-corrected chi connectivity index (χ3v) is 2.82. The van der Waals surface area contributed by atoms with Gasteiger partial charge < -0.3 is 15.0 Å². The van der Waals surface area contributed by atoms with E-state index in [1.54, 1.807) is 35.0 Å². The molecule has 0 spiro atoms. The topological polar surface area (TPSA) is 54.3 Å². The molecule has 0 saturated carbocycles. The number of rotatable bonds is 4. The van der Waals surface area contributed by atoms with Gasteiger partial charge in [0, 0.05) is 11.7 Å². The van der Waals surface area contributed by atoms with Gasteiger partial charge >= 0.3 is 6.18 Å². The molecule has 0 radical (unpaired) electrons. The number of carbonyl (C=O) groups excluding carboxylic acids is 1. The number of aliphatic hydroxyl groups is 1. The maximum atomic E-state index is 12.0. The van der Waals surface area contributed by atoms with Crippen molar-refractivity contribution in [3.8, 4) is 0 Å². The Morgan fingerprint density at radius 1 is 1.30 bits per heavy atom. The van der Waals surface area contributed by atoms with Crippen LogP contribution in [0.4, 0.5) is 13.2 Å². The van der Waals surface area contributed by atoms with Crippen molar-refractivity contribution in [1.82, 2.24) is 9.88 Å². The minimum Gasteiger partial charge on any atom is -0.392 e. The summed E-state index contributed by atoms with van der Waals surface area (Å²) in [5.41, 5.74) is 1.46. The zero-order chi connectivity index (χ0) is 14.8. The number of carbonyl (C=O) groups is 1. The van der Waals surface area contributed by atoms with Gasteiger partial charge in [0.25, 0.3) is 0 Å². The Morgan fingerprint density at radius 2 is 2.05 bits per heavy atom. The number of nitrogens with one attached hydrogen (secondary N) is 1. The number of aromatic nitrogens is 1. The molecule has 7 heteroatoms. The van der Waals surface area contributed by atoms with E-state index < -0.39 is 18.6 Å². The molecule has 108 valence electrons. The molecule has 1 heterocycles. The number of halogens is 3. The Bertz CT molecular complexity index is 620. The Kier molecular flexibility index (Phi) is 3.99. The lowest BCUT2D eigenvalue weighted by atomic mass is 10.2. The Labute approximate surface area is 112 Å². The van der Waals surface area contributed by atoms with Crippen molar-refractivity contribution in [3.05, 3.63) is 36.0 Å². The Hall–Kier alpha value is -2.02. The fourth-order valence-corrected chi connectivity index (χ4v) is 1.90. The van der Waals surface area contributed by atoms with Crippen LogP contribution in [0.15, 0.2) is 30.5 Å². The lowest BCUT2D eigenvalue weighted by Crippen LogP contribution is -2.35. The van der Waals surface area contributed by atoms with Crippen molar-refractivity contribution >= 4 is 16.8 Å². The highest BCUT2D eigenvalue weighted by molar-refractivity contribution is 5.83. The zero-order valence-electron chi connectivity index (χ0n) is 10.4. The van der Waals surface area contributed by atoms with Gasteiger partial charge in [-0.2, -0.15) is 13.2 Å². The Balaban J connectivity index is 2.08. The Morgan fingerprint density at radius 3 is 2.70 bits per heavy atom. The summed E-state index contributed by atoms with van der Waals surface area (Å²) in [7, 11) is 0. The second kappa shape index (κ2) is 5.54. The molecule has 0 aliphatic carbocycles. The highest BCUT2D eigenvalue weighted by atomic mass is 19.4. The van der Waals surface area contributed by atoms with Crippen molar-refractivity contribution in [1.29, 1.82) is 0 Å². The van der Waals surface area contributed by atoms with Crippen molar-refractivity contribution in [2.75, 3.05) is 6.54 Å². The number of alkyl halides is 3. The number of nitrogens with zero attached hydrogens (tertiary/aromatic N) is 1. The summed E-state index contributed by atoms with van der Waals surface area (Å²) in [5, 5.41) is 11.7. The van der Waals surface area contributed by atoms with Gasteiger partial charge in [-0.3, -0.25) is 4.79 Å². The van der Waals surface area contributed by atoms with E-state index in [0.717, 1.165) is 16.5 Å². The number of hydrogen-bond acceptors (Lipinski definition) is 2. The highest BCUT2D eigenvalue weighted by Crippen LogP contribution is 2.18. The summed E-state index contributed by atoms with van der Waals surface area (Å²) in [4.78, 5) is 11.5. The summed E-state index contributed by atoms with van der Waals surface area (Å²) < 4.78 is 37.5. The molecule has 0 bridgehead atoms. The molecule has 1 amide bonds. The number of benzene rings is 1. The normalized spacial score (nSPS) is 11.8. The van der Waals surface area contributed by atoms with E-state index in [0.29, 0.717) is 0 Å². The average molecular weight is 286 g/mol. The average Bonchev–Trinajstić information content (AvgIpc) is 2.78. The third-order valence-electron chi connectivity index (χ3n) is 2.82. The fourth-order valence-electron chi connectivity index (χ4n) is 1.90. The van der Waals surface area contributed by atoms with Crippen LogP contribution in [-0.2, 0) is 17.9 Å². The monoisotopic (exact) mass is 286 g/mol. The summed E-state index contributed by atoms with van der Waals surface area (Å²) in [6.45, 7) is -1.61. The molecular weight excluding hydrogens is 273 g/mol. The molecule has 0 fully saturated rings. The lowest BCUT2D eigenvalue weighted by Gasteiger charge is -2.09. The molecule has 1 aromatic carbocycles. The minimum absolute atomic E-state index is 0.0901. The first-order valence-electron chi connectivity index (χ1n) is 5.91. The van der Waals surface area contributed by atoms with E-state index in [2.05, 4.69) is 0 Å². The molecule has 2 aromatic rings. The summed E-state index contributed by atoms with van der Waals surface area (Å²) in [6, 6.07) is 6.93. The minimum atomic E-state index is -4.41. The standard InChI is InChI=1S/C13H13F3N2O2/c14-13(15,16)8-17-12(20)6-18-4-3-10-5-9(7-19)1-2-11(10)18/h1-5,19H,6-8H2,(H,17,20). The van der Waals surface area contributed by atoms with E-state index in [-0.39, 0.29) is 13.2 Å². The van der Waals surface area contributed by atoms with Gasteiger partial charge in [-0.25, -0.2) is 0 Å². The van der Waals surface area contributed by atoms with Crippen molar-refractivity contribution in [3.63, 3.8) is 0 Å². The molecule has 0 aliphatic heterocycles. The van der Waals surface area contributed by atoms with Crippen molar-refractivity contribution < 1.29 is 23.1 Å². The van der Waals surface area contributed by atoms with E-state index in [9.17, 15) is 18.0 Å². The van der Waals surface area contributed by atoms with E-state index in [1.165, 1.54) is 0 Å². The van der Waals surface area contributed by atoms with Crippen molar-refractivity contribution in [2.45, 2.75) is 19.3 Å². The summed E-state index contributed by atoms with van der Waals surface area (Å²) in [6.07, 6.45) is -2.79. The van der Waals surface area contributed by atoms with E-state index in [4.69, 9.17) is 5.11 Å². The smallest absolute Gasteiger partial charge is 0.392 e. The molecule has 0 atom stereocenters. The van der Waals surface area contributed by atoms with Crippen LogP contribution in [0.5, 0.6) is 0 Å². The molecule has 0 saturated heterocycles. The molecular formula is C13H13F3N2O2. The summed E-state index contributed by atoms with van der Waals surface area (Å²) in [5.74, 6) is -0.703. The van der Waals surface area contributed by atoms with E-state index in [1.807, 2.05) is 5.32 Å². The molecule has 20 heavy (non-hydrogen) atoms. The second-order valence-corrected chi connectivity index (χ2v) is 4.39. The first kappa shape index (κ1) is 14.4. The first-order valence-corrected chi connectivity index (χ1v) is 5.91. The molecule has 2 rings (SSSR count). The quantitative estimate of drug-likeness (QED) is 0.900. The number of hydrogen-bond donors (Lipinski definition) is 2. The van der Waals surface area contributed by atoms with Gasteiger partial charge in [-0.15, -0.1) is 0 Å². The number of aliphatic hydroxyl groups excluding tert-OH is 1. The van der Waals surface area contributed by atoms with Crippen LogP contribution in [0.25, 0.3) is 10.9 Å². The second-order valence-electron chi connectivity index (χ2n) is 4.39. The SMILES string of the molecule is O=C(Cn1ccc2cc(CO)ccc21)NCC(F)(F)F. The van der Waals surface area contributed by atoms with Crippen LogP contribution >= 0.6 is 0 Å². The van der Waals surface area contributed by atoms with Gasteiger partial charge in [0.05, 0.1) is 6.61 Å². The molecule has 0 unspecified atom stereocenters. The van der Waals surface area contributed by atoms with E-state index >= 15 is 0 Å². The first-order chi connectivity index (χ1) is 9.39.